The molecule has 0 aliphatic carbocycles. The van der Waals surface area contributed by atoms with Gasteiger partial charge in [-0.25, -0.2) is 0 Å². The highest BCUT2D eigenvalue weighted by Gasteiger charge is 2.12. The second-order valence-corrected chi connectivity index (χ2v) is 6.83. The van der Waals surface area contributed by atoms with E-state index in [0.29, 0.717) is 13.2 Å². The average Bonchev–Trinajstić information content (AvgIpc) is 2.80. The van der Waals surface area contributed by atoms with Gasteiger partial charge in [0.2, 0.25) is 5.91 Å². The van der Waals surface area contributed by atoms with Crippen LogP contribution in [0.4, 0.5) is 5.69 Å². The topological polar surface area (TPSA) is 59.6 Å². The Hall–Kier alpha value is -3.47. The van der Waals surface area contributed by atoms with Crippen molar-refractivity contribution >= 4 is 11.6 Å². The highest BCUT2D eigenvalue weighted by molar-refractivity contribution is 5.81. The first-order valence-electron chi connectivity index (χ1n) is 10.2. The molecule has 3 aromatic rings. The summed E-state index contributed by atoms with van der Waals surface area (Å²) in [6, 6.07) is 27.2. The van der Waals surface area contributed by atoms with Crippen LogP contribution in [-0.4, -0.2) is 25.7 Å². The average molecular weight is 405 g/mol. The second-order valence-electron chi connectivity index (χ2n) is 6.83. The van der Waals surface area contributed by atoms with Gasteiger partial charge >= 0.3 is 0 Å². The fraction of sp³-hybridized carbons (Fsp3) is 0.240. The Morgan fingerprint density at radius 3 is 2.17 bits per heavy atom. The van der Waals surface area contributed by atoms with Crippen LogP contribution in [0, 0.1) is 0 Å². The van der Waals surface area contributed by atoms with E-state index in [4.69, 9.17) is 9.47 Å². The number of rotatable bonds is 11. The number of carbonyl (C=O) groups is 1. The molecule has 2 N–H and O–H groups in total. The first kappa shape index (κ1) is 21.2. The van der Waals surface area contributed by atoms with Gasteiger partial charge in [-0.15, -0.1) is 0 Å². The third-order valence-electron chi connectivity index (χ3n) is 4.60. The molecule has 5 heteroatoms. The molecular formula is C25H28N2O3. The number of nitrogens with one attached hydrogen (secondary N) is 2. The predicted octanol–water partition coefficient (Wildman–Crippen LogP) is 4.82. The standard InChI is InChI=1S/C25H28N2O3/c1-2-24(20-10-5-3-6-11-20)27-25(28)19-26-21-12-9-15-23(18-21)30-17-16-29-22-13-7-4-8-14-22/h3-15,18,24,26H,2,16-17,19H2,1H3,(H,27,28). The first-order chi connectivity index (χ1) is 14.7. The number of hydrogen-bond donors (Lipinski definition) is 2. The van der Waals surface area contributed by atoms with E-state index in [0.717, 1.165) is 29.2 Å². The minimum absolute atomic E-state index is 0.0137. The van der Waals surface area contributed by atoms with Gasteiger partial charge < -0.3 is 20.1 Å². The quantitative estimate of drug-likeness (QED) is 0.450. The number of ether oxygens (including phenoxy) is 2. The molecule has 0 bridgehead atoms. The van der Waals surface area contributed by atoms with Crippen LogP contribution in [0.3, 0.4) is 0 Å². The third kappa shape index (κ3) is 6.85. The first-order valence-corrected chi connectivity index (χ1v) is 10.2. The lowest BCUT2D eigenvalue weighted by molar-refractivity contribution is -0.120. The van der Waals surface area contributed by atoms with Gasteiger partial charge in [-0.1, -0.05) is 61.5 Å². The second kappa shape index (κ2) is 11.5. The molecule has 1 amide bonds. The number of benzene rings is 3. The monoisotopic (exact) mass is 404 g/mol. The molecule has 1 unspecified atom stereocenters. The van der Waals surface area contributed by atoms with Gasteiger partial charge in [0.15, 0.2) is 0 Å². The maximum absolute atomic E-state index is 12.4. The van der Waals surface area contributed by atoms with E-state index in [1.165, 1.54) is 0 Å². The van der Waals surface area contributed by atoms with Gasteiger partial charge in [-0.2, -0.15) is 0 Å². The lowest BCUT2D eigenvalue weighted by atomic mass is 10.0. The lowest BCUT2D eigenvalue weighted by Gasteiger charge is -2.18. The molecule has 30 heavy (non-hydrogen) atoms. The van der Waals surface area contributed by atoms with E-state index in [2.05, 4.69) is 17.6 Å². The Bertz CT molecular complexity index is 901. The van der Waals surface area contributed by atoms with E-state index < -0.39 is 0 Å². The molecule has 0 fully saturated rings. The molecule has 0 aliphatic heterocycles. The van der Waals surface area contributed by atoms with Crippen molar-refractivity contribution in [3.8, 4) is 11.5 Å². The third-order valence-corrected chi connectivity index (χ3v) is 4.60. The van der Waals surface area contributed by atoms with Gasteiger partial charge in [0.05, 0.1) is 12.6 Å². The zero-order valence-electron chi connectivity index (χ0n) is 17.2. The summed E-state index contributed by atoms with van der Waals surface area (Å²) in [6.45, 7) is 3.16. The summed E-state index contributed by atoms with van der Waals surface area (Å²) in [7, 11) is 0. The molecule has 5 nitrogen and oxygen atoms in total. The van der Waals surface area contributed by atoms with Crippen molar-refractivity contribution in [1.29, 1.82) is 0 Å². The zero-order valence-corrected chi connectivity index (χ0v) is 17.2. The highest BCUT2D eigenvalue weighted by atomic mass is 16.5. The van der Waals surface area contributed by atoms with Crippen LogP contribution in [0.1, 0.15) is 24.9 Å². The molecule has 0 heterocycles. The Morgan fingerprint density at radius 1 is 0.833 bits per heavy atom. The van der Waals surface area contributed by atoms with E-state index in [9.17, 15) is 4.79 Å². The van der Waals surface area contributed by atoms with E-state index in [-0.39, 0.29) is 18.5 Å². The molecule has 0 aliphatic rings. The summed E-state index contributed by atoms with van der Waals surface area (Å²) in [5, 5.41) is 6.23. The molecule has 0 spiro atoms. The van der Waals surface area contributed by atoms with Crippen LogP contribution < -0.4 is 20.1 Å². The van der Waals surface area contributed by atoms with Crippen molar-refractivity contribution in [3.63, 3.8) is 0 Å². The molecule has 3 rings (SSSR count). The molecular weight excluding hydrogens is 376 g/mol. The van der Waals surface area contributed by atoms with Crippen molar-refractivity contribution in [1.82, 2.24) is 5.32 Å². The Kier molecular flexibility index (Phi) is 8.15. The van der Waals surface area contributed by atoms with Crippen LogP contribution in [0.15, 0.2) is 84.9 Å². The summed E-state index contributed by atoms with van der Waals surface area (Å²) in [6.07, 6.45) is 0.837. The predicted molar refractivity (Wildman–Crippen MR) is 120 cm³/mol. The summed E-state index contributed by atoms with van der Waals surface area (Å²) in [5.74, 6) is 1.50. The van der Waals surface area contributed by atoms with Crippen LogP contribution in [0.5, 0.6) is 11.5 Å². The fourth-order valence-corrected chi connectivity index (χ4v) is 3.07. The highest BCUT2D eigenvalue weighted by Crippen LogP contribution is 2.18. The molecule has 156 valence electrons. The Morgan fingerprint density at radius 2 is 1.47 bits per heavy atom. The molecule has 0 aromatic heterocycles. The largest absolute Gasteiger partial charge is 0.490 e. The van der Waals surface area contributed by atoms with Crippen LogP contribution in [0.2, 0.25) is 0 Å². The summed E-state index contributed by atoms with van der Waals surface area (Å²) in [4.78, 5) is 12.4. The SMILES string of the molecule is CCC(NC(=O)CNc1cccc(OCCOc2ccccc2)c1)c1ccccc1. The minimum Gasteiger partial charge on any atom is -0.490 e. The van der Waals surface area contributed by atoms with Crippen LogP contribution in [0.25, 0.3) is 0 Å². The molecule has 0 saturated heterocycles. The minimum atomic E-state index is -0.0479. The van der Waals surface area contributed by atoms with E-state index >= 15 is 0 Å². The Balaban J connectivity index is 1.42. The molecule has 3 aromatic carbocycles. The van der Waals surface area contributed by atoms with Crippen molar-refractivity contribution in [2.24, 2.45) is 0 Å². The molecule has 1 atom stereocenters. The van der Waals surface area contributed by atoms with Crippen molar-refractivity contribution in [3.05, 3.63) is 90.5 Å². The van der Waals surface area contributed by atoms with Crippen molar-refractivity contribution in [2.45, 2.75) is 19.4 Å². The number of para-hydroxylation sites is 1. The van der Waals surface area contributed by atoms with Crippen molar-refractivity contribution in [2.75, 3.05) is 25.1 Å². The lowest BCUT2D eigenvalue weighted by Crippen LogP contribution is -2.33. The van der Waals surface area contributed by atoms with Gasteiger partial charge in [-0.05, 0) is 36.2 Å². The van der Waals surface area contributed by atoms with Crippen LogP contribution in [-0.2, 0) is 4.79 Å². The van der Waals surface area contributed by atoms with E-state index in [1.807, 2.05) is 84.9 Å². The van der Waals surface area contributed by atoms with Crippen LogP contribution >= 0.6 is 0 Å². The maximum Gasteiger partial charge on any atom is 0.239 e. The van der Waals surface area contributed by atoms with Gasteiger partial charge in [0.1, 0.15) is 24.7 Å². The number of amides is 1. The zero-order chi connectivity index (χ0) is 21.0. The normalized spacial score (nSPS) is 11.4. The smallest absolute Gasteiger partial charge is 0.239 e. The number of anilines is 1. The molecule has 0 saturated carbocycles. The summed E-state index contributed by atoms with van der Waals surface area (Å²) < 4.78 is 11.4. The van der Waals surface area contributed by atoms with E-state index in [1.54, 1.807) is 0 Å². The number of carbonyl (C=O) groups excluding carboxylic acids is 1. The summed E-state index contributed by atoms with van der Waals surface area (Å²) in [5.41, 5.74) is 1.95. The summed E-state index contributed by atoms with van der Waals surface area (Å²) >= 11 is 0. The molecule has 0 radical (unpaired) electrons. The van der Waals surface area contributed by atoms with Gasteiger partial charge in [0.25, 0.3) is 0 Å². The van der Waals surface area contributed by atoms with Gasteiger partial charge in [-0.3, -0.25) is 4.79 Å². The van der Waals surface area contributed by atoms with Crippen molar-refractivity contribution < 1.29 is 14.3 Å². The van der Waals surface area contributed by atoms with Gasteiger partial charge in [0, 0.05) is 11.8 Å². The number of hydrogen-bond acceptors (Lipinski definition) is 4. The Labute approximate surface area is 178 Å². The fourth-order valence-electron chi connectivity index (χ4n) is 3.07. The maximum atomic E-state index is 12.4.